The number of amides is 2. The molecule has 0 fully saturated rings. The van der Waals surface area contributed by atoms with Gasteiger partial charge in [0, 0.05) is 23.2 Å². The van der Waals surface area contributed by atoms with Crippen molar-refractivity contribution in [2.75, 3.05) is 13.2 Å². The van der Waals surface area contributed by atoms with E-state index in [1.807, 2.05) is 42.8 Å². The number of hydrogen-bond acceptors (Lipinski definition) is 4. The van der Waals surface area contributed by atoms with E-state index in [0.717, 1.165) is 27.7 Å². The molecule has 1 aromatic heterocycles. The zero-order valence-corrected chi connectivity index (χ0v) is 16.9. The highest BCUT2D eigenvalue weighted by Crippen LogP contribution is 2.25. The maximum absolute atomic E-state index is 12.1. The summed E-state index contributed by atoms with van der Waals surface area (Å²) in [6, 6.07) is 13.7. The number of hydrogen-bond donors (Lipinski definition) is 2. The van der Waals surface area contributed by atoms with E-state index in [9.17, 15) is 9.59 Å². The third-order valence-electron chi connectivity index (χ3n) is 4.78. The fourth-order valence-electron chi connectivity index (χ4n) is 3.32. The van der Waals surface area contributed by atoms with Crippen LogP contribution >= 0.6 is 0 Å². The van der Waals surface area contributed by atoms with Gasteiger partial charge in [-0.2, -0.15) is 5.10 Å². The van der Waals surface area contributed by atoms with Crippen LogP contribution in [0.15, 0.2) is 48.7 Å². The molecule has 29 heavy (non-hydrogen) atoms. The van der Waals surface area contributed by atoms with Crippen LogP contribution in [-0.4, -0.2) is 34.9 Å². The van der Waals surface area contributed by atoms with E-state index in [2.05, 4.69) is 33.9 Å². The second kappa shape index (κ2) is 9.23. The van der Waals surface area contributed by atoms with Crippen LogP contribution in [0.3, 0.4) is 0 Å². The molecular formula is C22H26N4O3. The first-order valence-corrected chi connectivity index (χ1v) is 9.74. The Hall–Kier alpha value is -3.35. The third kappa shape index (κ3) is 4.74. The first-order valence-electron chi connectivity index (χ1n) is 9.74. The maximum Gasteiger partial charge on any atom is 0.315 e. The van der Waals surface area contributed by atoms with E-state index in [1.54, 1.807) is 13.1 Å². The van der Waals surface area contributed by atoms with Gasteiger partial charge in [0.15, 0.2) is 0 Å². The Balaban J connectivity index is 1.69. The van der Waals surface area contributed by atoms with Gasteiger partial charge in [-0.1, -0.05) is 36.4 Å². The molecule has 0 bridgehead atoms. The minimum Gasteiger partial charge on any atom is -0.466 e. The average molecular weight is 394 g/mol. The summed E-state index contributed by atoms with van der Waals surface area (Å²) in [6.45, 7) is 6.21. The summed E-state index contributed by atoms with van der Waals surface area (Å²) in [6.07, 6.45) is 1.92. The van der Waals surface area contributed by atoms with Gasteiger partial charge in [0.2, 0.25) is 0 Å². The Morgan fingerprint density at radius 1 is 1.17 bits per heavy atom. The highest BCUT2D eigenvalue weighted by Gasteiger charge is 2.17. The minimum atomic E-state index is -0.334. The average Bonchev–Trinajstić information content (AvgIpc) is 3.09. The van der Waals surface area contributed by atoms with Crippen LogP contribution in [0, 0.1) is 6.92 Å². The molecular weight excluding hydrogens is 368 g/mol. The smallest absolute Gasteiger partial charge is 0.315 e. The summed E-state index contributed by atoms with van der Waals surface area (Å²) in [5, 5.41) is 12.4. The van der Waals surface area contributed by atoms with Crippen LogP contribution in [0.25, 0.3) is 16.5 Å². The van der Waals surface area contributed by atoms with Crippen LogP contribution in [0.5, 0.6) is 0 Å². The largest absolute Gasteiger partial charge is 0.466 e. The molecule has 0 spiro atoms. The Bertz CT molecular complexity index is 1010. The van der Waals surface area contributed by atoms with Crippen molar-refractivity contribution in [3.05, 3.63) is 59.9 Å². The van der Waals surface area contributed by atoms with Gasteiger partial charge in [0.1, 0.15) is 0 Å². The van der Waals surface area contributed by atoms with Gasteiger partial charge >= 0.3 is 12.0 Å². The molecule has 0 unspecified atom stereocenters. The van der Waals surface area contributed by atoms with E-state index in [0.29, 0.717) is 6.61 Å². The van der Waals surface area contributed by atoms with Crippen molar-refractivity contribution in [3.8, 4) is 5.69 Å². The van der Waals surface area contributed by atoms with Gasteiger partial charge in [-0.3, -0.25) is 4.79 Å². The Morgan fingerprint density at radius 2 is 1.93 bits per heavy atom. The van der Waals surface area contributed by atoms with Crippen LogP contribution < -0.4 is 10.6 Å². The highest BCUT2D eigenvalue weighted by atomic mass is 16.5. The fraction of sp³-hybridized carbons (Fsp3) is 0.318. The van der Waals surface area contributed by atoms with Crippen LogP contribution in [-0.2, 0) is 9.53 Å². The molecule has 2 N–H and O–H groups in total. The summed E-state index contributed by atoms with van der Waals surface area (Å²) in [5.41, 5.74) is 2.89. The molecule has 1 heterocycles. The number of carbonyl (C=O) groups excluding carboxylic acids is 2. The summed E-state index contributed by atoms with van der Waals surface area (Å²) < 4.78 is 6.74. The van der Waals surface area contributed by atoms with Crippen molar-refractivity contribution in [1.82, 2.24) is 20.4 Å². The van der Waals surface area contributed by atoms with Crippen LogP contribution in [0.1, 0.15) is 37.6 Å². The normalized spacial score (nSPS) is 11.8. The summed E-state index contributed by atoms with van der Waals surface area (Å²) in [5.74, 6) is -0.326. The zero-order valence-electron chi connectivity index (χ0n) is 16.9. The standard InChI is InChI=1S/C22H26N4O3/c1-4-29-21(27)12-13-23-22(28)25-15(2)19-14-24-26(16(19)3)20-11-7-9-17-8-5-6-10-18(17)20/h5-11,14-15H,4,12-13H2,1-3H3,(H2,23,25,28)/t15-/m1/s1. The van der Waals surface area contributed by atoms with Crippen molar-refractivity contribution in [2.45, 2.75) is 33.2 Å². The molecule has 0 radical (unpaired) electrons. The van der Waals surface area contributed by atoms with Crippen LogP contribution in [0.2, 0.25) is 0 Å². The number of nitrogens with one attached hydrogen (secondary N) is 2. The maximum atomic E-state index is 12.1. The van der Waals surface area contributed by atoms with Gasteiger partial charge < -0.3 is 15.4 Å². The van der Waals surface area contributed by atoms with Gasteiger partial charge in [0.25, 0.3) is 0 Å². The molecule has 3 aromatic rings. The SMILES string of the molecule is CCOC(=O)CCNC(=O)N[C@H](C)c1cnn(-c2cccc3ccccc23)c1C. The van der Waals surface area contributed by atoms with Crippen molar-refractivity contribution in [1.29, 1.82) is 0 Å². The zero-order chi connectivity index (χ0) is 20.8. The first-order chi connectivity index (χ1) is 14.0. The lowest BCUT2D eigenvalue weighted by Gasteiger charge is -2.15. The summed E-state index contributed by atoms with van der Waals surface area (Å²) in [4.78, 5) is 23.5. The summed E-state index contributed by atoms with van der Waals surface area (Å²) >= 11 is 0. The number of carbonyl (C=O) groups is 2. The number of fused-ring (bicyclic) bond motifs is 1. The highest BCUT2D eigenvalue weighted by molar-refractivity contribution is 5.90. The lowest BCUT2D eigenvalue weighted by atomic mass is 10.1. The molecule has 3 rings (SSSR count). The van der Waals surface area contributed by atoms with E-state index >= 15 is 0 Å². The molecule has 0 aliphatic carbocycles. The first kappa shape index (κ1) is 20.4. The number of esters is 1. The lowest BCUT2D eigenvalue weighted by Crippen LogP contribution is -2.38. The molecule has 152 valence electrons. The van der Waals surface area contributed by atoms with Crippen molar-refractivity contribution < 1.29 is 14.3 Å². The van der Waals surface area contributed by atoms with Crippen molar-refractivity contribution in [2.24, 2.45) is 0 Å². The molecule has 0 aliphatic rings. The second-order valence-corrected chi connectivity index (χ2v) is 6.77. The number of rotatable bonds is 7. The van der Waals surface area contributed by atoms with Crippen molar-refractivity contribution >= 4 is 22.8 Å². The molecule has 0 saturated heterocycles. The second-order valence-electron chi connectivity index (χ2n) is 6.77. The number of ether oxygens (including phenoxy) is 1. The van der Waals surface area contributed by atoms with E-state index in [-0.39, 0.29) is 31.0 Å². The third-order valence-corrected chi connectivity index (χ3v) is 4.78. The molecule has 2 amide bonds. The Kier molecular flexibility index (Phi) is 6.49. The summed E-state index contributed by atoms with van der Waals surface area (Å²) in [7, 11) is 0. The Labute approximate surface area is 170 Å². The van der Waals surface area contributed by atoms with E-state index in [4.69, 9.17) is 4.74 Å². The topological polar surface area (TPSA) is 85.2 Å². The molecule has 2 aromatic carbocycles. The van der Waals surface area contributed by atoms with Gasteiger partial charge in [-0.05, 0) is 32.2 Å². The predicted molar refractivity (Wildman–Crippen MR) is 112 cm³/mol. The van der Waals surface area contributed by atoms with Crippen molar-refractivity contribution in [3.63, 3.8) is 0 Å². The van der Waals surface area contributed by atoms with Gasteiger partial charge in [-0.15, -0.1) is 0 Å². The molecule has 7 heteroatoms. The quantitative estimate of drug-likeness (QED) is 0.599. The lowest BCUT2D eigenvalue weighted by molar-refractivity contribution is -0.142. The predicted octanol–water partition coefficient (Wildman–Crippen LogP) is 3.65. The minimum absolute atomic E-state index is 0.147. The molecule has 0 saturated carbocycles. The molecule has 7 nitrogen and oxygen atoms in total. The molecule has 0 aliphatic heterocycles. The number of urea groups is 1. The van der Waals surface area contributed by atoms with Crippen LogP contribution in [0.4, 0.5) is 4.79 Å². The number of aromatic nitrogens is 2. The fourth-order valence-corrected chi connectivity index (χ4v) is 3.32. The number of benzene rings is 2. The Morgan fingerprint density at radius 3 is 2.72 bits per heavy atom. The van der Waals surface area contributed by atoms with Gasteiger partial charge in [-0.25, -0.2) is 9.48 Å². The molecule has 1 atom stereocenters. The number of nitrogens with zero attached hydrogens (tertiary/aromatic N) is 2. The monoisotopic (exact) mass is 394 g/mol. The van der Waals surface area contributed by atoms with E-state index in [1.165, 1.54) is 0 Å². The van der Waals surface area contributed by atoms with E-state index < -0.39 is 0 Å². The van der Waals surface area contributed by atoms with Gasteiger partial charge in [0.05, 0.1) is 31.0 Å².